The second-order valence-corrected chi connectivity index (χ2v) is 12.1. The zero-order valence-electron chi connectivity index (χ0n) is 20.5. The Balaban J connectivity index is 1.19. The minimum atomic E-state index is -3.25. The van der Waals surface area contributed by atoms with E-state index in [9.17, 15) is 18.0 Å². The second kappa shape index (κ2) is 9.58. The molecular formula is C28H31N3O4S. The first kappa shape index (κ1) is 24.3. The largest absolute Gasteiger partial charge is 0.342 e. The lowest BCUT2D eigenvalue weighted by Crippen LogP contribution is -2.45. The van der Waals surface area contributed by atoms with E-state index in [1.54, 1.807) is 24.3 Å². The summed E-state index contributed by atoms with van der Waals surface area (Å²) in [5, 5.41) is 0. The highest BCUT2D eigenvalue weighted by atomic mass is 32.2. The van der Waals surface area contributed by atoms with Crippen molar-refractivity contribution in [2.45, 2.75) is 30.6 Å². The maximum atomic E-state index is 13.4. The number of sulfone groups is 1. The second-order valence-electron chi connectivity index (χ2n) is 10.1. The zero-order chi connectivity index (χ0) is 25.3. The number of hydrogen-bond donors (Lipinski definition) is 0. The molecule has 3 heterocycles. The van der Waals surface area contributed by atoms with Gasteiger partial charge in [0, 0.05) is 44.8 Å². The molecule has 1 aromatic heterocycles. The average Bonchev–Trinajstić information content (AvgIpc) is 3.55. The van der Waals surface area contributed by atoms with E-state index in [4.69, 9.17) is 0 Å². The summed E-state index contributed by atoms with van der Waals surface area (Å²) in [5.41, 5.74) is 2.46. The molecule has 0 unspecified atom stereocenters. The van der Waals surface area contributed by atoms with Gasteiger partial charge in [-0.1, -0.05) is 24.3 Å². The highest BCUT2D eigenvalue weighted by Crippen LogP contribution is 2.41. The van der Waals surface area contributed by atoms with Crippen LogP contribution in [0.15, 0.2) is 78.0 Å². The molecule has 0 saturated carbocycles. The van der Waals surface area contributed by atoms with E-state index < -0.39 is 9.84 Å². The Labute approximate surface area is 212 Å². The maximum Gasteiger partial charge on any atom is 0.255 e. The SMILES string of the molecule is CS(=O)(=O)c1ccc(CC(=O)N2CCC3(CCN(C(=O)c4ccccc4-n4cccc4)CC3)C2)cc1. The molecule has 8 heteroatoms. The van der Waals surface area contributed by atoms with Crippen LogP contribution in [0.5, 0.6) is 0 Å². The zero-order valence-corrected chi connectivity index (χ0v) is 21.3. The topological polar surface area (TPSA) is 79.7 Å². The predicted molar refractivity (Wildman–Crippen MR) is 138 cm³/mol. The standard InChI is InChI=1S/C28H31N3O4S/c1-36(34,35)23-10-8-22(9-11-23)20-26(32)31-19-14-28(21-31)12-17-30(18-13-28)27(33)24-6-2-3-7-25(24)29-15-4-5-16-29/h2-11,15-16H,12-14,17-21H2,1H3. The van der Waals surface area contributed by atoms with Crippen LogP contribution < -0.4 is 0 Å². The van der Waals surface area contributed by atoms with Crippen LogP contribution in [0.1, 0.15) is 35.2 Å². The summed E-state index contributed by atoms with van der Waals surface area (Å²) >= 11 is 0. The number of likely N-dealkylation sites (tertiary alicyclic amines) is 2. The molecule has 2 aromatic carbocycles. The number of hydrogen-bond acceptors (Lipinski definition) is 4. The Kier molecular flexibility index (Phi) is 6.47. The molecule has 188 valence electrons. The molecule has 5 rings (SSSR count). The van der Waals surface area contributed by atoms with E-state index in [0.717, 1.165) is 43.6 Å². The minimum Gasteiger partial charge on any atom is -0.342 e. The lowest BCUT2D eigenvalue weighted by atomic mass is 9.77. The van der Waals surface area contributed by atoms with Crippen molar-refractivity contribution in [3.8, 4) is 5.69 Å². The van der Waals surface area contributed by atoms with Gasteiger partial charge in [0.15, 0.2) is 9.84 Å². The van der Waals surface area contributed by atoms with E-state index in [2.05, 4.69) is 0 Å². The van der Waals surface area contributed by atoms with Gasteiger partial charge in [0.2, 0.25) is 5.91 Å². The minimum absolute atomic E-state index is 0.0534. The average molecular weight is 506 g/mol. The molecule has 0 atom stereocenters. The highest BCUT2D eigenvalue weighted by molar-refractivity contribution is 7.90. The number of piperidine rings is 1. The highest BCUT2D eigenvalue weighted by Gasteiger charge is 2.42. The number of carbonyl (C=O) groups is 2. The molecule has 2 aliphatic rings. The maximum absolute atomic E-state index is 13.4. The summed E-state index contributed by atoms with van der Waals surface area (Å²) in [4.78, 5) is 30.5. The number of amides is 2. The first-order valence-corrected chi connectivity index (χ1v) is 14.2. The molecular weight excluding hydrogens is 474 g/mol. The summed E-state index contributed by atoms with van der Waals surface area (Å²) in [6.45, 7) is 2.82. The molecule has 2 fully saturated rings. The molecule has 2 aliphatic heterocycles. The molecule has 36 heavy (non-hydrogen) atoms. The van der Waals surface area contributed by atoms with Crippen LogP contribution in [-0.2, 0) is 21.1 Å². The van der Waals surface area contributed by atoms with Crippen molar-refractivity contribution in [1.82, 2.24) is 14.4 Å². The first-order valence-electron chi connectivity index (χ1n) is 12.3. The van der Waals surface area contributed by atoms with Gasteiger partial charge in [-0.2, -0.15) is 0 Å². The van der Waals surface area contributed by atoms with E-state index >= 15 is 0 Å². The fraction of sp³-hybridized carbons (Fsp3) is 0.357. The first-order chi connectivity index (χ1) is 17.2. The third-order valence-electron chi connectivity index (χ3n) is 7.63. The fourth-order valence-corrected chi connectivity index (χ4v) is 6.06. The quantitative estimate of drug-likeness (QED) is 0.531. The Bertz CT molecular complexity index is 1360. The van der Waals surface area contributed by atoms with Crippen molar-refractivity contribution in [3.63, 3.8) is 0 Å². The van der Waals surface area contributed by atoms with Gasteiger partial charge in [0.05, 0.1) is 22.6 Å². The third kappa shape index (κ3) is 4.95. The van der Waals surface area contributed by atoms with Crippen molar-refractivity contribution >= 4 is 21.7 Å². The molecule has 7 nitrogen and oxygen atoms in total. The normalized spacial score (nSPS) is 17.5. The van der Waals surface area contributed by atoms with Crippen molar-refractivity contribution in [2.75, 3.05) is 32.4 Å². The molecule has 0 N–H and O–H groups in total. The van der Waals surface area contributed by atoms with Gasteiger partial charge >= 0.3 is 0 Å². The van der Waals surface area contributed by atoms with Crippen LogP contribution >= 0.6 is 0 Å². The van der Waals surface area contributed by atoms with E-state index in [1.807, 2.05) is 63.2 Å². The molecule has 1 spiro atoms. The summed E-state index contributed by atoms with van der Waals surface area (Å²) in [6.07, 6.45) is 8.06. The molecule has 0 aliphatic carbocycles. The molecule has 2 saturated heterocycles. The van der Waals surface area contributed by atoms with Crippen LogP contribution in [0.4, 0.5) is 0 Å². The number of nitrogens with zero attached hydrogens (tertiary/aromatic N) is 3. The number of rotatable bonds is 5. The Hall–Kier alpha value is -3.39. The van der Waals surface area contributed by atoms with E-state index in [-0.39, 0.29) is 28.5 Å². The lowest BCUT2D eigenvalue weighted by Gasteiger charge is -2.39. The number of benzene rings is 2. The number of para-hydroxylation sites is 1. The Morgan fingerprint density at radius 1 is 0.833 bits per heavy atom. The van der Waals surface area contributed by atoms with E-state index in [1.165, 1.54) is 6.26 Å². The van der Waals surface area contributed by atoms with E-state index in [0.29, 0.717) is 18.7 Å². The van der Waals surface area contributed by atoms with Crippen LogP contribution in [0.25, 0.3) is 5.69 Å². The summed E-state index contributed by atoms with van der Waals surface area (Å²) < 4.78 is 25.3. The number of carbonyl (C=O) groups excluding carboxylic acids is 2. The van der Waals surface area contributed by atoms with Gasteiger partial charge in [0.25, 0.3) is 5.91 Å². The van der Waals surface area contributed by atoms with Crippen molar-refractivity contribution in [1.29, 1.82) is 0 Å². The monoisotopic (exact) mass is 505 g/mol. The van der Waals surface area contributed by atoms with Gasteiger partial charge in [0.1, 0.15) is 0 Å². The molecule has 0 bridgehead atoms. The van der Waals surface area contributed by atoms with Gasteiger partial charge in [-0.05, 0) is 66.6 Å². The molecule has 0 radical (unpaired) electrons. The van der Waals surface area contributed by atoms with Gasteiger partial charge in [-0.3, -0.25) is 9.59 Å². The van der Waals surface area contributed by atoms with Gasteiger partial charge in [-0.15, -0.1) is 0 Å². The summed E-state index contributed by atoms with van der Waals surface area (Å²) in [6, 6.07) is 18.2. The van der Waals surface area contributed by atoms with Crippen molar-refractivity contribution in [2.24, 2.45) is 5.41 Å². The molecule has 2 amide bonds. The number of aromatic nitrogens is 1. The smallest absolute Gasteiger partial charge is 0.255 e. The Morgan fingerprint density at radius 3 is 2.08 bits per heavy atom. The summed E-state index contributed by atoms with van der Waals surface area (Å²) in [7, 11) is -3.25. The van der Waals surface area contributed by atoms with Gasteiger partial charge in [-0.25, -0.2) is 8.42 Å². The Morgan fingerprint density at radius 2 is 1.44 bits per heavy atom. The molecule has 3 aromatic rings. The fourth-order valence-electron chi connectivity index (χ4n) is 5.43. The lowest BCUT2D eigenvalue weighted by molar-refractivity contribution is -0.130. The van der Waals surface area contributed by atoms with Crippen LogP contribution in [-0.4, -0.2) is 67.0 Å². The van der Waals surface area contributed by atoms with Crippen LogP contribution in [0.3, 0.4) is 0 Å². The van der Waals surface area contributed by atoms with Crippen molar-refractivity contribution in [3.05, 3.63) is 84.2 Å². The predicted octanol–water partition coefficient (Wildman–Crippen LogP) is 3.58. The van der Waals surface area contributed by atoms with Crippen LogP contribution in [0.2, 0.25) is 0 Å². The van der Waals surface area contributed by atoms with Crippen molar-refractivity contribution < 1.29 is 18.0 Å². The summed E-state index contributed by atoms with van der Waals surface area (Å²) in [5.74, 6) is 0.121. The third-order valence-corrected chi connectivity index (χ3v) is 8.75. The van der Waals surface area contributed by atoms with Crippen LogP contribution in [0, 0.1) is 5.41 Å². The van der Waals surface area contributed by atoms with Gasteiger partial charge < -0.3 is 14.4 Å².